The number of carbonyl (C=O) groups is 2. The summed E-state index contributed by atoms with van der Waals surface area (Å²) < 4.78 is 9.86. The van der Waals surface area contributed by atoms with Gasteiger partial charge in [0.1, 0.15) is 11.2 Å². The third-order valence-corrected chi connectivity index (χ3v) is 1.05. The molecule has 0 bridgehead atoms. The number of ether oxygens (including phenoxy) is 2. The zero-order chi connectivity index (χ0) is 12.3. The molecule has 0 atom stereocenters. The van der Waals surface area contributed by atoms with Gasteiger partial charge in [-0.2, -0.15) is 9.59 Å². The standard InChI is InChI=1S/C10H19NO4/c1-9(2,3)14-7(12)11-8(13)15-10(4,5)6/h1-6H3,(H,11,12,13)/p+1. The molecule has 88 valence electrons. The molecule has 2 amide bonds. The largest absolute Gasteiger partial charge is 0.523 e. The van der Waals surface area contributed by atoms with Crippen molar-refractivity contribution in [3.8, 4) is 0 Å². The third-order valence-electron chi connectivity index (χ3n) is 1.05. The van der Waals surface area contributed by atoms with Gasteiger partial charge in [0.05, 0.1) is 0 Å². The van der Waals surface area contributed by atoms with E-state index in [-0.39, 0.29) is 0 Å². The number of hydrogen-bond acceptors (Lipinski definition) is 4. The fraction of sp³-hybridized carbons (Fsp3) is 0.800. The van der Waals surface area contributed by atoms with Crippen LogP contribution in [0, 0.1) is 0 Å². The molecule has 0 aromatic carbocycles. The average molecular weight is 218 g/mol. The van der Waals surface area contributed by atoms with Crippen molar-refractivity contribution in [1.82, 2.24) is 0 Å². The number of carbonyl (C=O) groups excluding carboxylic acids is 2. The predicted molar refractivity (Wildman–Crippen MR) is 54.4 cm³/mol. The van der Waals surface area contributed by atoms with E-state index >= 15 is 0 Å². The first-order valence-corrected chi connectivity index (χ1v) is 4.80. The van der Waals surface area contributed by atoms with Gasteiger partial charge < -0.3 is 9.47 Å². The Morgan fingerprint density at radius 2 is 1.07 bits per heavy atom. The first-order chi connectivity index (χ1) is 6.49. The van der Waals surface area contributed by atoms with Crippen LogP contribution in [0.4, 0.5) is 9.59 Å². The minimum absolute atomic E-state index is 0.602. The Labute approximate surface area is 90.1 Å². The molecule has 0 aliphatic rings. The van der Waals surface area contributed by atoms with E-state index in [1.807, 2.05) is 0 Å². The molecule has 0 saturated heterocycles. The third kappa shape index (κ3) is 9.21. The van der Waals surface area contributed by atoms with Gasteiger partial charge in [-0.05, 0) is 41.5 Å². The van der Waals surface area contributed by atoms with E-state index in [0.29, 0.717) is 0 Å². The Balaban J connectivity index is 4.04. The summed E-state index contributed by atoms with van der Waals surface area (Å²) >= 11 is 0. The molecular weight excluding hydrogens is 198 g/mol. The van der Waals surface area contributed by atoms with Gasteiger partial charge in [-0.25, -0.2) is 0 Å². The van der Waals surface area contributed by atoms with Gasteiger partial charge in [0.25, 0.3) is 0 Å². The summed E-state index contributed by atoms with van der Waals surface area (Å²) in [5, 5.41) is 0.816. The van der Waals surface area contributed by atoms with Crippen LogP contribution in [0.3, 0.4) is 0 Å². The van der Waals surface area contributed by atoms with Crippen LogP contribution in [0.1, 0.15) is 41.5 Å². The smallest absolute Gasteiger partial charge is 0.414 e. The summed E-state index contributed by atoms with van der Waals surface area (Å²) in [7, 11) is 0. The summed E-state index contributed by atoms with van der Waals surface area (Å²) in [6, 6.07) is 0. The molecule has 0 aromatic rings. The van der Waals surface area contributed by atoms with E-state index in [4.69, 9.17) is 9.47 Å². The monoisotopic (exact) mass is 218 g/mol. The molecule has 15 heavy (non-hydrogen) atoms. The Bertz CT molecular complexity index is 221. The lowest BCUT2D eigenvalue weighted by Crippen LogP contribution is -2.92. The number of primary amides is 2. The van der Waals surface area contributed by atoms with E-state index in [2.05, 4.69) is 0 Å². The van der Waals surface area contributed by atoms with Gasteiger partial charge in [-0.15, -0.1) is 5.32 Å². The van der Waals surface area contributed by atoms with Gasteiger partial charge in [0, 0.05) is 0 Å². The van der Waals surface area contributed by atoms with Crippen molar-refractivity contribution >= 4 is 12.2 Å². The molecule has 0 radical (unpaired) electrons. The normalized spacial score (nSPS) is 12.1. The lowest BCUT2D eigenvalue weighted by molar-refractivity contribution is -0.492. The van der Waals surface area contributed by atoms with Gasteiger partial charge in [0.15, 0.2) is 0 Å². The van der Waals surface area contributed by atoms with E-state index in [0.717, 1.165) is 5.32 Å². The second kappa shape index (κ2) is 4.61. The molecule has 0 rings (SSSR count). The van der Waals surface area contributed by atoms with Crippen molar-refractivity contribution in [2.45, 2.75) is 52.7 Å². The Hall–Kier alpha value is -1.10. The molecule has 0 aliphatic carbocycles. The van der Waals surface area contributed by atoms with Gasteiger partial charge in [-0.1, -0.05) is 0 Å². The lowest BCUT2D eigenvalue weighted by atomic mass is 10.2. The van der Waals surface area contributed by atoms with E-state index in [9.17, 15) is 9.59 Å². The fourth-order valence-electron chi connectivity index (χ4n) is 0.759. The summed E-state index contributed by atoms with van der Waals surface area (Å²) in [4.78, 5) is 22.4. The van der Waals surface area contributed by atoms with Crippen molar-refractivity contribution in [2.75, 3.05) is 0 Å². The van der Waals surface area contributed by atoms with Crippen molar-refractivity contribution in [3.05, 3.63) is 0 Å². The molecule has 5 nitrogen and oxygen atoms in total. The first-order valence-electron chi connectivity index (χ1n) is 4.80. The highest BCUT2D eigenvalue weighted by Gasteiger charge is 2.26. The highest BCUT2D eigenvalue weighted by Crippen LogP contribution is 2.06. The minimum Gasteiger partial charge on any atom is -0.414 e. The van der Waals surface area contributed by atoms with Crippen molar-refractivity contribution < 1.29 is 24.4 Å². The lowest BCUT2D eigenvalue weighted by Gasteiger charge is -2.19. The van der Waals surface area contributed by atoms with Crippen LogP contribution in [0.2, 0.25) is 0 Å². The number of nitrogens with two attached hydrogens (primary N) is 1. The summed E-state index contributed by atoms with van der Waals surface area (Å²) in [6.07, 6.45) is -1.37. The Morgan fingerprint density at radius 3 is 1.27 bits per heavy atom. The topological polar surface area (TPSA) is 69.2 Å². The van der Waals surface area contributed by atoms with E-state index in [1.54, 1.807) is 41.5 Å². The Kier molecular flexibility index (Phi) is 4.27. The molecule has 0 fully saturated rings. The Morgan fingerprint density at radius 1 is 0.800 bits per heavy atom. The van der Waals surface area contributed by atoms with Crippen LogP contribution in [0.15, 0.2) is 0 Å². The number of hydrogen-bond donors (Lipinski definition) is 1. The number of amides is 2. The molecular formula is C10H20NO4+. The highest BCUT2D eigenvalue weighted by molar-refractivity contribution is 5.70. The van der Waals surface area contributed by atoms with Crippen molar-refractivity contribution in [2.24, 2.45) is 0 Å². The minimum atomic E-state index is -0.684. The molecule has 5 heteroatoms. The van der Waals surface area contributed by atoms with Gasteiger partial charge in [0.2, 0.25) is 0 Å². The maximum absolute atomic E-state index is 11.2. The van der Waals surface area contributed by atoms with Gasteiger partial charge in [-0.3, -0.25) is 0 Å². The number of quaternary nitrogens is 1. The second-order valence-corrected chi connectivity index (χ2v) is 5.21. The van der Waals surface area contributed by atoms with Crippen LogP contribution >= 0.6 is 0 Å². The summed E-state index contributed by atoms with van der Waals surface area (Å²) in [6.45, 7) is 10.4. The number of rotatable bonds is 0. The van der Waals surface area contributed by atoms with E-state index < -0.39 is 23.4 Å². The SMILES string of the molecule is CC(C)(C)OC(=O)[NH2+]C(=O)OC(C)(C)C. The van der Waals surface area contributed by atoms with Crippen LogP contribution < -0.4 is 5.32 Å². The zero-order valence-corrected chi connectivity index (χ0v) is 10.2. The van der Waals surface area contributed by atoms with Gasteiger partial charge >= 0.3 is 12.2 Å². The van der Waals surface area contributed by atoms with E-state index in [1.165, 1.54) is 0 Å². The molecule has 0 aromatic heterocycles. The molecule has 0 saturated carbocycles. The molecule has 2 N–H and O–H groups in total. The number of imide groups is 1. The maximum Gasteiger partial charge on any atom is 0.523 e. The van der Waals surface area contributed by atoms with Crippen LogP contribution in [-0.4, -0.2) is 23.4 Å². The average Bonchev–Trinajstić information content (AvgIpc) is 1.73. The molecule has 0 spiro atoms. The predicted octanol–water partition coefficient (Wildman–Crippen LogP) is 1.42. The fourth-order valence-corrected chi connectivity index (χ4v) is 0.759. The maximum atomic E-state index is 11.2. The summed E-state index contributed by atoms with van der Waals surface area (Å²) in [5.41, 5.74) is -1.20. The van der Waals surface area contributed by atoms with Crippen LogP contribution in [-0.2, 0) is 9.47 Å². The quantitative estimate of drug-likeness (QED) is 0.667. The van der Waals surface area contributed by atoms with Crippen molar-refractivity contribution in [3.63, 3.8) is 0 Å². The first kappa shape index (κ1) is 13.9. The zero-order valence-electron chi connectivity index (χ0n) is 10.2. The molecule has 0 unspecified atom stereocenters. The molecule has 0 aliphatic heterocycles. The van der Waals surface area contributed by atoms with Crippen LogP contribution in [0.25, 0.3) is 0 Å². The summed E-state index contributed by atoms with van der Waals surface area (Å²) in [5.74, 6) is 0. The molecule has 0 heterocycles. The second-order valence-electron chi connectivity index (χ2n) is 5.21. The highest BCUT2D eigenvalue weighted by atomic mass is 16.6. The van der Waals surface area contributed by atoms with Crippen molar-refractivity contribution in [1.29, 1.82) is 0 Å². The van der Waals surface area contributed by atoms with Crippen LogP contribution in [0.5, 0.6) is 0 Å².